The summed E-state index contributed by atoms with van der Waals surface area (Å²) in [5, 5.41) is 0. The minimum absolute atomic E-state index is 0.00491. The van der Waals surface area contributed by atoms with Gasteiger partial charge in [-0.1, -0.05) is 13.8 Å². The molecule has 0 spiro atoms. The highest BCUT2D eigenvalue weighted by Gasteiger charge is 2.21. The highest BCUT2D eigenvalue weighted by Crippen LogP contribution is 2.16. The standard InChI is InChI=1S/C11H21NO2/c1-9-5-4-6-12(7-9)8-10(2)11(13)14-3/h9-10H,4-8H2,1-3H3. The van der Waals surface area contributed by atoms with Gasteiger partial charge in [0.2, 0.25) is 0 Å². The van der Waals surface area contributed by atoms with E-state index < -0.39 is 0 Å². The molecular formula is C11H21NO2. The van der Waals surface area contributed by atoms with Crippen LogP contribution in [0.25, 0.3) is 0 Å². The Hall–Kier alpha value is -0.570. The summed E-state index contributed by atoms with van der Waals surface area (Å²) in [6, 6.07) is 0. The molecule has 2 unspecified atom stereocenters. The number of carbonyl (C=O) groups is 1. The Morgan fingerprint density at radius 1 is 1.64 bits per heavy atom. The lowest BCUT2D eigenvalue weighted by atomic mass is 9.99. The number of methoxy groups -OCH3 is 1. The van der Waals surface area contributed by atoms with Gasteiger partial charge >= 0.3 is 5.97 Å². The van der Waals surface area contributed by atoms with Crippen LogP contribution >= 0.6 is 0 Å². The lowest BCUT2D eigenvalue weighted by Gasteiger charge is -2.32. The van der Waals surface area contributed by atoms with Crippen molar-refractivity contribution in [3.05, 3.63) is 0 Å². The summed E-state index contributed by atoms with van der Waals surface area (Å²) in [5.41, 5.74) is 0. The van der Waals surface area contributed by atoms with Crippen LogP contribution in [0.15, 0.2) is 0 Å². The summed E-state index contributed by atoms with van der Waals surface area (Å²) in [6.07, 6.45) is 2.58. The van der Waals surface area contributed by atoms with E-state index in [4.69, 9.17) is 4.74 Å². The SMILES string of the molecule is COC(=O)C(C)CN1CCCC(C)C1. The number of hydrogen-bond donors (Lipinski definition) is 0. The zero-order chi connectivity index (χ0) is 10.6. The van der Waals surface area contributed by atoms with Crippen molar-refractivity contribution in [3.8, 4) is 0 Å². The van der Waals surface area contributed by atoms with Gasteiger partial charge < -0.3 is 9.64 Å². The van der Waals surface area contributed by atoms with Gasteiger partial charge in [-0.05, 0) is 25.3 Å². The van der Waals surface area contributed by atoms with Crippen molar-refractivity contribution < 1.29 is 9.53 Å². The fourth-order valence-corrected chi connectivity index (χ4v) is 2.12. The number of ether oxygens (including phenoxy) is 1. The van der Waals surface area contributed by atoms with Gasteiger partial charge in [0.15, 0.2) is 0 Å². The van der Waals surface area contributed by atoms with Crippen molar-refractivity contribution in [3.63, 3.8) is 0 Å². The fourth-order valence-electron chi connectivity index (χ4n) is 2.12. The molecule has 1 aliphatic rings. The zero-order valence-electron chi connectivity index (χ0n) is 9.45. The maximum Gasteiger partial charge on any atom is 0.309 e. The minimum atomic E-state index is -0.0942. The first-order valence-corrected chi connectivity index (χ1v) is 5.43. The van der Waals surface area contributed by atoms with Crippen LogP contribution < -0.4 is 0 Å². The van der Waals surface area contributed by atoms with Crippen LogP contribution in [0.4, 0.5) is 0 Å². The maximum absolute atomic E-state index is 11.2. The van der Waals surface area contributed by atoms with Gasteiger partial charge in [-0.25, -0.2) is 0 Å². The van der Waals surface area contributed by atoms with Gasteiger partial charge in [0.1, 0.15) is 0 Å². The fraction of sp³-hybridized carbons (Fsp3) is 0.909. The molecule has 1 rings (SSSR count). The third-order valence-corrected chi connectivity index (χ3v) is 2.88. The number of likely N-dealkylation sites (tertiary alicyclic amines) is 1. The summed E-state index contributed by atoms with van der Waals surface area (Å²) < 4.78 is 4.71. The molecule has 0 aromatic heterocycles. The molecule has 0 amide bonds. The van der Waals surface area contributed by atoms with Crippen LogP contribution in [0, 0.1) is 11.8 Å². The Balaban J connectivity index is 2.32. The number of rotatable bonds is 3. The van der Waals surface area contributed by atoms with E-state index in [9.17, 15) is 4.79 Å². The van der Waals surface area contributed by atoms with Crippen molar-refractivity contribution in [2.24, 2.45) is 11.8 Å². The Kier molecular flexibility index (Phi) is 4.39. The third-order valence-electron chi connectivity index (χ3n) is 2.88. The Morgan fingerprint density at radius 2 is 2.36 bits per heavy atom. The number of carbonyl (C=O) groups excluding carboxylic acids is 1. The number of piperidine rings is 1. The Bertz CT molecular complexity index is 194. The summed E-state index contributed by atoms with van der Waals surface area (Å²) in [6.45, 7) is 7.31. The minimum Gasteiger partial charge on any atom is -0.469 e. The second kappa shape index (κ2) is 5.35. The predicted molar refractivity (Wildman–Crippen MR) is 56.0 cm³/mol. The molecule has 0 aromatic rings. The summed E-state index contributed by atoms with van der Waals surface area (Å²) in [7, 11) is 1.46. The quantitative estimate of drug-likeness (QED) is 0.646. The van der Waals surface area contributed by atoms with E-state index in [0.717, 1.165) is 25.6 Å². The van der Waals surface area contributed by atoms with Crippen LogP contribution in [0.1, 0.15) is 26.7 Å². The van der Waals surface area contributed by atoms with Gasteiger partial charge in [0.25, 0.3) is 0 Å². The summed E-state index contributed by atoms with van der Waals surface area (Å²) in [5.74, 6) is 0.683. The molecule has 0 saturated carbocycles. The maximum atomic E-state index is 11.2. The average Bonchev–Trinajstić information content (AvgIpc) is 2.16. The van der Waals surface area contributed by atoms with E-state index in [0.29, 0.717) is 0 Å². The molecule has 0 radical (unpaired) electrons. The van der Waals surface area contributed by atoms with Gasteiger partial charge in [0.05, 0.1) is 13.0 Å². The lowest BCUT2D eigenvalue weighted by Crippen LogP contribution is -2.39. The van der Waals surface area contributed by atoms with E-state index in [2.05, 4.69) is 11.8 Å². The number of esters is 1. The summed E-state index contributed by atoms with van der Waals surface area (Å²) in [4.78, 5) is 13.6. The van der Waals surface area contributed by atoms with Gasteiger partial charge in [-0.15, -0.1) is 0 Å². The highest BCUT2D eigenvalue weighted by molar-refractivity contribution is 5.72. The van der Waals surface area contributed by atoms with E-state index in [1.165, 1.54) is 20.0 Å². The first kappa shape index (κ1) is 11.5. The van der Waals surface area contributed by atoms with Crippen molar-refractivity contribution in [2.45, 2.75) is 26.7 Å². The van der Waals surface area contributed by atoms with E-state index in [-0.39, 0.29) is 11.9 Å². The molecule has 1 heterocycles. The topological polar surface area (TPSA) is 29.5 Å². The molecule has 1 fully saturated rings. The average molecular weight is 199 g/mol. The molecule has 82 valence electrons. The molecular weight excluding hydrogens is 178 g/mol. The van der Waals surface area contributed by atoms with Gasteiger partial charge in [-0.2, -0.15) is 0 Å². The Morgan fingerprint density at radius 3 is 2.93 bits per heavy atom. The van der Waals surface area contributed by atoms with Crippen LogP contribution in [0.3, 0.4) is 0 Å². The number of hydrogen-bond acceptors (Lipinski definition) is 3. The van der Waals surface area contributed by atoms with Crippen LogP contribution in [0.5, 0.6) is 0 Å². The second-order valence-corrected chi connectivity index (χ2v) is 4.43. The molecule has 0 aliphatic carbocycles. The molecule has 0 N–H and O–H groups in total. The van der Waals surface area contributed by atoms with E-state index >= 15 is 0 Å². The van der Waals surface area contributed by atoms with Gasteiger partial charge in [0, 0.05) is 13.1 Å². The monoisotopic (exact) mass is 199 g/mol. The second-order valence-electron chi connectivity index (χ2n) is 4.43. The van der Waals surface area contributed by atoms with E-state index in [1.807, 2.05) is 6.92 Å². The molecule has 2 atom stereocenters. The van der Waals surface area contributed by atoms with E-state index in [1.54, 1.807) is 0 Å². The molecule has 0 aromatic carbocycles. The smallest absolute Gasteiger partial charge is 0.309 e. The van der Waals surface area contributed by atoms with Gasteiger partial charge in [-0.3, -0.25) is 4.79 Å². The van der Waals surface area contributed by atoms with Crippen molar-refractivity contribution in [2.75, 3.05) is 26.7 Å². The van der Waals surface area contributed by atoms with Crippen LogP contribution in [-0.4, -0.2) is 37.6 Å². The Labute approximate surface area is 86.4 Å². The molecule has 1 saturated heterocycles. The first-order chi connectivity index (χ1) is 6.63. The van der Waals surface area contributed by atoms with Crippen molar-refractivity contribution in [1.82, 2.24) is 4.90 Å². The van der Waals surface area contributed by atoms with Crippen LogP contribution in [0.2, 0.25) is 0 Å². The van der Waals surface area contributed by atoms with Crippen molar-refractivity contribution in [1.29, 1.82) is 0 Å². The largest absolute Gasteiger partial charge is 0.469 e. The lowest BCUT2D eigenvalue weighted by molar-refractivity contribution is -0.145. The van der Waals surface area contributed by atoms with Crippen molar-refractivity contribution >= 4 is 5.97 Å². The highest BCUT2D eigenvalue weighted by atomic mass is 16.5. The normalized spacial score (nSPS) is 25.8. The predicted octanol–water partition coefficient (Wildman–Crippen LogP) is 1.53. The third kappa shape index (κ3) is 3.29. The summed E-state index contributed by atoms with van der Waals surface area (Å²) >= 11 is 0. The molecule has 0 bridgehead atoms. The molecule has 3 heteroatoms. The molecule has 1 aliphatic heterocycles. The van der Waals surface area contributed by atoms with Crippen LogP contribution in [-0.2, 0) is 9.53 Å². The first-order valence-electron chi connectivity index (χ1n) is 5.43. The molecule has 14 heavy (non-hydrogen) atoms. The number of nitrogens with zero attached hydrogens (tertiary/aromatic N) is 1. The molecule has 3 nitrogen and oxygen atoms in total. The zero-order valence-corrected chi connectivity index (χ0v) is 9.45.